The number of nitrogens with zero attached hydrogens (tertiary/aromatic N) is 2. The van der Waals surface area contributed by atoms with Crippen LogP contribution in [0.5, 0.6) is 5.75 Å². The minimum atomic E-state index is -0.266. The Morgan fingerprint density at radius 1 is 1.12 bits per heavy atom. The van der Waals surface area contributed by atoms with Gasteiger partial charge in [0, 0.05) is 10.7 Å². The van der Waals surface area contributed by atoms with Gasteiger partial charge in [0.2, 0.25) is 5.91 Å². The standard InChI is InChI=1S/C24H20ClN3O3S/c1-15-7-3-4-8-18(15)26-22(29)14-32-24-27-19-13-16(25)11-12-17(19)23(30)28(24)20-9-5-6-10-21(20)31-2/h3-13H,14H2,1-2H3,(H,26,29). The summed E-state index contributed by atoms with van der Waals surface area (Å²) in [6, 6.07) is 19.7. The number of aromatic nitrogens is 2. The highest BCUT2D eigenvalue weighted by Gasteiger charge is 2.18. The maximum absolute atomic E-state index is 13.4. The number of halogens is 1. The number of methoxy groups -OCH3 is 1. The van der Waals surface area contributed by atoms with Crippen LogP contribution in [-0.4, -0.2) is 28.3 Å². The Kier molecular flexibility index (Phi) is 6.48. The van der Waals surface area contributed by atoms with Gasteiger partial charge in [0.25, 0.3) is 5.56 Å². The first-order valence-corrected chi connectivity index (χ1v) is 11.2. The van der Waals surface area contributed by atoms with Crippen molar-refractivity contribution in [3.63, 3.8) is 0 Å². The molecule has 0 saturated carbocycles. The summed E-state index contributed by atoms with van der Waals surface area (Å²) < 4.78 is 6.93. The van der Waals surface area contributed by atoms with Gasteiger partial charge < -0.3 is 10.1 Å². The van der Waals surface area contributed by atoms with Crippen LogP contribution in [0.3, 0.4) is 0 Å². The summed E-state index contributed by atoms with van der Waals surface area (Å²) in [6.07, 6.45) is 0. The molecule has 4 aromatic rings. The van der Waals surface area contributed by atoms with Crippen LogP contribution >= 0.6 is 23.4 Å². The maximum atomic E-state index is 13.4. The van der Waals surface area contributed by atoms with Crippen molar-refractivity contribution in [3.05, 3.63) is 87.7 Å². The fourth-order valence-electron chi connectivity index (χ4n) is 3.29. The molecule has 4 rings (SSSR count). The van der Waals surface area contributed by atoms with Gasteiger partial charge in [-0.25, -0.2) is 4.98 Å². The summed E-state index contributed by atoms with van der Waals surface area (Å²) in [7, 11) is 1.54. The first-order valence-electron chi connectivity index (χ1n) is 9.82. The SMILES string of the molecule is COc1ccccc1-n1c(SCC(=O)Nc2ccccc2C)nc2cc(Cl)ccc2c1=O. The number of carbonyl (C=O) groups excluding carboxylic acids is 1. The van der Waals surface area contributed by atoms with Gasteiger partial charge in [-0.2, -0.15) is 0 Å². The monoisotopic (exact) mass is 465 g/mol. The van der Waals surface area contributed by atoms with E-state index in [0.29, 0.717) is 32.5 Å². The molecule has 1 heterocycles. The number of aryl methyl sites for hydroxylation is 1. The topological polar surface area (TPSA) is 73.2 Å². The van der Waals surface area contributed by atoms with Gasteiger partial charge in [0.05, 0.1) is 29.5 Å². The Balaban J connectivity index is 1.74. The molecule has 0 spiro atoms. The van der Waals surface area contributed by atoms with Crippen LogP contribution in [-0.2, 0) is 4.79 Å². The van der Waals surface area contributed by atoms with Crippen LogP contribution in [0.1, 0.15) is 5.56 Å². The van der Waals surface area contributed by atoms with Gasteiger partial charge >= 0.3 is 0 Å². The predicted molar refractivity (Wildman–Crippen MR) is 129 cm³/mol. The Hall–Kier alpha value is -3.29. The number of thioether (sulfide) groups is 1. The molecule has 0 saturated heterocycles. The Morgan fingerprint density at radius 3 is 2.66 bits per heavy atom. The molecule has 0 aliphatic carbocycles. The molecule has 162 valence electrons. The second kappa shape index (κ2) is 9.46. The first kappa shape index (κ1) is 21.9. The van der Waals surface area contributed by atoms with E-state index in [1.807, 2.05) is 43.3 Å². The third kappa shape index (κ3) is 4.49. The van der Waals surface area contributed by atoms with Gasteiger partial charge in [0.15, 0.2) is 5.16 Å². The molecule has 32 heavy (non-hydrogen) atoms. The number of anilines is 1. The third-order valence-electron chi connectivity index (χ3n) is 4.88. The molecule has 0 aliphatic heterocycles. The number of hydrogen-bond donors (Lipinski definition) is 1. The number of benzene rings is 3. The van der Waals surface area contributed by atoms with E-state index in [2.05, 4.69) is 10.3 Å². The maximum Gasteiger partial charge on any atom is 0.266 e. The molecular weight excluding hydrogens is 446 g/mol. The van der Waals surface area contributed by atoms with Crippen molar-refractivity contribution in [3.8, 4) is 11.4 Å². The highest BCUT2D eigenvalue weighted by Crippen LogP contribution is 2.28. The lowest BCUT2D eigenvalue weighted by Crippen LogP contribution is -2.23. The average Bonchev–Trinajstić information content (AvgIpc) is 2.79. The molecule has 0 aliphatic rings. The van der Waals surface area contributed by atoms with E-state index in [1.165, 1.54) is 16.3 Å². The molecule has 8 heteroatoms. The molecule has 3 aromatic carbocycles. The lowest BCUT2D eigenvalue weighted by atomic mass is 10.2. The number of amides is 1. The molecule has 0 radical (unpaired) electrons. The van der Waals surface area contributed by atoms with E-state index in [-0.39, 0.29) is 17.2 Å². The van der Waals surface area contributed by atoms with Crippen LogP contribution in [0.2, 0.25) is 5.02 Å². The largest absolute Gasteiger partial charge is 0.495 e. The molecule has 1 aromatic heterocycles. The van der Waals surface area contributed by atoms with Crippen molar-refractivity contribution in [2.75, 3.05) is 18.2 Å². The average molecular weight is 466 g/mol. The quantitative estimate of drug-likeness (QED) is 0.317. The lowest BCUT2D eigenvalue weighted by molar-refractivity contribution is -0.113. The van der Waals surface area contributed by atoms with E-state index in [9.17, 15) is 9.59 Å². The Bertz CT molecular complexity index is 1370. The van der Waals surface area contributed by atoms with Crippen LogP contribution in [0, 0.1) is 6.92 Å². The van der Waals surface area contributed by atoms with Crippen LogP contribution in [0.15, 0.2) is 76.7 Å². The Morgan fingerprint density at radius 2 is 1.88 bits per heavy atom. The molecule has 1 N–H and O–H groups in total. The molecule has 0 atom stereocenters. The van der Waals surface area contributed by atoms with Crippen molar-refractivity contribution in [1.29, 1.82) is 0 Å². The second-order valence-corrected chi connectivity index (χ2v) is 8.40. The fourth-order valence-corrected chi connectivity index (χ4v) is 4.26. The second-order valence-electron chi connectivity index (χ2n) is 7.02. The summed E-state index contributed by atoms with van der Waals surface area (Å²) in [5.41, 5.74) is 2.47. The predicted octanol–water partition coefficient (Wildman–Crippen LogP) is 5.09. The van der Waals surface area contributed by atoms with Gasteiger partial charge in [-0.15, -0.1) is 0 Å². The van der Waals surface area contributed by atoms with Gasteiger partial charge in [0.1, 0.15) is 5.75 Å². The van der Waals surface area contributed by atoms with Crippen molar-refractivity contribution >= 4 is 45.9 Å². The molecule has 0 unspecified atom stereocenters. The zero-order valence-electron chi connectivity index (χ0n) is 17.5. The van der Waals surface area contributed by atoms with E-state index in [1.54, 1.807) is 37.4 Å². The normalized spacial score (nSPS) is 10.8. The smallest absolute Gasteiger partial charge is 0.266 e. The summed E-state index contributed by atoms with van der Waals surface area (Å²) in [4.78, 5) is 30.7. The van der Waals surface area contributed by atoms with Gasteiger partial charge in [-0.1, -0.05) is 53.7 Å². The molecular formula is C24H20ClN3O3S. The highest BCUT2D eigenvalue weighted by atomic mass is 35.5. The minimum absolute atomic E-state index is 0.0714. The highest BCUT2D eigenvalue weighted by molar-refractivity contribution is 7.99. The van der Waals surface area contributed by atoms with Crippen molar-refractivity contribution < 1.29 is 9.53 Å². The first-order chi connectivity index (χ1) is 15.5. The summed E-state index contributed by atoms with van der Waals surface area (Å²) in [5.74, 6) is 0.398. The number of fused-ring (bicyclic) bond motifs is 1. The van der Waals surface area contributed by atoms with Crippen LogP contribution in [0.25, 0.3) is 16.6 Å². The molecule has 0 bridgehead atoms. The molecule has 0 fully saturated rings. The van der Waals surface area contributed by atoms with Crippen molar-refractivity contribution in [1.82, 2.24) is 9.55 Å². The number of para-hydroxylation sites is 3. The zero-order chi connectivity index (χ0) is 22.7. The van der Waals surface area contributed by atoms with E-state index in [4.69, 9.17) is 16.3 Å². The number of ether oxygens (including phenoxy) is 1. The van der Waals surface area contributed by atoms with Gasteiger partial charge in [-0.05, 0) is 48.9 Å². The van der Waals surface area contributed by atoms with Crippen LogP contribution < -0.4 is 15.6 Å². The zero-order valence-corrected chi connectivity index (χ0v) is 19.0. The molecule has 1 amide bonds. The van der Waals surface area contributed by atoms with Gasteiger partial charge in [-0.3, -0.25) is 14.2 Å². The minimum Gasteiger partial charge on any atom is -0.495 e. The summed E-state index contributed by atoms with van der Waals surface area (Å²) >= 11 is 7.29. The number of rotatable bonds is 6. The lowest BCUT2D eigenvalue weighted by Gasteiger charge is -2.16. The third-order valence-corrected chi connectivity index (χ3v) is 6.05. The number of hydrogen-bond acceptors (Lipinski definition) is 5. The fraction of sp³-hybridized carbons (Fsp3) is 0.125. The van der Waals surface area contributed by atoms with E-state index < -0.39 is 0 Å². The number of carbonyl (C=O) groups is 1. The summed E-state index contributed by atoms with van der Waals surface area (Å²) in [5, 5.41) is 4.18. The summed E-state index contributed by atoms with van der Waals surface area (Å²) in [6.45, 7) is 1.93. The van der Waals surface area contributed by atoms with Crippen LogP contribution in [0.4, 0.5) is 5.69 Å². The Labute approximate surface area is 194 Å². The van der Waals surface area contributed by atoms with Crippen molar-refractivity contribution in [2.45, 2.75) is 12.1 Å². The van der Waals surface area contributed by atoms with E-state index in [0.717, 1.165) is 11.3 Å². The van der Waals surface area contributed by atoms with E-state index >= 15 is 0 Å². The van der Waals surface area contributed by atoms with Crippen molar-refractivity contribution in [2.24, 2.45) is 0 Å². The molecule has 6 nitrogen and oxygen atoms in total. The number of nitrogens with one attached hydrogen (secondary N) is 1.